The first-order chi connectivity index (χ1) is 9.67. The lowest BCUT2D eigenvalue weighted by Crippen LogP contribution is -1.85. The average Bonchev–Trinajstić information content (AvgIpc) is 3.08. The Morgan fingerprint density at radius 1 is 1.30 bits per heavy atom. The molecule has 3 aromatic rings. The third-order valence-electron chi connectivity index (χ3n) is 2.82. The molecule has 0 amide bonds. The summed E-state index contributed by atoms with van der Waals surface area (Å²) in [6.07, 6.45) is 3.46. The minimum atomic E-state index is 0.0586. The van der Waals surface area contributed by atoms with Crippen LogP contribution in [0.25, 0.3) is 22.8 Å². The lowest BCUT2D eigenvalue weighted by Gasteiger charge is -2.03. The number of hydrogen-bond acceptors (Lipinski definition) is 6. The lowest BCUT2D eigenvalue weighted by molar-refractivity contribution is 0.373. The molecule has 0 fully saturated rings. The SMILES string of the molecule is COc1cc(-c2nc(-c3cnn(C)c3)no2)ccc1O. The van der Waals surface area contributed by atoms with Gasteiger partial charge in [-0.05, 0) is 18.2 Å². The number of nitrogens with zero attached hydrogens (tertiary/aromatic N) is 4. The van der Waals surface area contributed by atoms with Crippen molar-refractivity contribution in [1.29, 1.82) is 0 Å². The van der Waals surface area contributed by atoms with Crippen LogP contribution < -0.4 is 4.74 Å². The first kappa shape index (κ1) is 12.2. The van der Waals surface area contributed by atoms with Crippen LogP contribution in [0.3, 0.4) is 0 Å². The molecule has 1 aromatic carbocycles. The highest BCUT2D eigenvalue weighted by atomic mass is 16.5. The van der Waals surface area contributed by atoms with Crippen LogP contribution in [0.5, 0.6) is 11.5 Å². The fraction of sp³-hybridized carbons (Fsp3) is 0.154. The van der Waals surface area contributed by atoms with E-state index in [2.05, 4.69) is 15.2 Å². The van der Waals surface area contributed by atoms with Crippen molar-refractivity contribution < 1.29 is 14.4 Å². The highest BCUT2D eigenvalue weighted by molar-refractivity contribution is 5.62. The topological polar surface area (TPSA) is 86.2 Å². The van der Waals surface area contributed by atoms with E-state index >= 15 is 0 Å². The van der Waals surface area contributed by atoms with Crippen LogP contribution in [0.2, 0.25) is 0 Å². The molecule has 20 heavy (non-hydrogen) atoms. The summed E-state index contributed by atoms with van der Waals surface area (Å²) in [5, 5.41) is 17.5. The second kappa shape index (κ2) is 4.69. The molecule has 0 saturated heterocycles. The van der Waals surface area contributed by atoms with Crippen LogP contribution in [-0.4, -0.2) is 32.1 Å². The van der Waals surface area contributed by atoms with E-state index in [-0.39, 0.29) is 5.75 Å². The van der Waals surface area contributed by atoms with E-state index in [4.69, 9.17) is 9.26 Å². The summed E-state index contributed by atoms with van der Waals surface area (Å²) < 4.78 is 11.9. The van der Waals surface area contributed by atoms with Gasteiger partial charge in [-0.15, -0.1) is 0 Å². The molecule has 7 nitrogen and oxygen atoms in total. The Hall–Kier alpha value is -2.83. The maximum atomic E-state index is 9.57. The van der Waals surface area contributed by atoms with Gasteiger partial charge in [0.25, 0.3) is 5.89 Å². The molecule has 3 rings (SSSR count). The number of hydrogen-bond donors (Lipinski definition) is 1. The Bertz CT molecular complexity index is 748. The molecule has 102 valence electrons. The van der Waals surface area contributed by atoms with Gasteiger partial charge in [0.2, 0.25) is 5.82 Å². The van der Waals surface area contributed by atoms with Crippen LogP contribution in [0.15, 0.2) is 35.1 Å². The van der Waals surface area contributed by atoms with Crippen LogP contribution >= 0.6 is 0 Å². The van der Waals surface area contributed by atoms with Gasteiger partial charge in [0.1, 0.15) is 0 Å². The highest BCUT2D eigenvalue weighted by Crippen LogP contribution is 2.31. The maximum Gasteiger partial charge on any atom is 0.258 e. The summed E-state index contributed by atoms with van der Waals surface area (Å²) >= 11 is 0. The summed E-state index contributed by atoms with van der Waals surface area (Å²) in [7, 11) is 3.29. The van der Waals surface area contributed by atoms with Crippen molar-refractivity contribution in [3.8, 4) is 34.3 Å². The van der Waals surface area contributed by atoms with E-state index in [0.717, 1.165) is 5.56 Å². The summed E-state index contributed by atoms with van der Waals surface area (Å²) in [6.45, 7) is 0. The predicted octanol–water partition coefficient (Wildman–Crippen LogP) is 1.85. The number of aryl methyl sites for hydroxylation is 1. The van der Waals surface area contributed by atoms with Crippen molar-refractivity contribution in [3.63, 3.8) is 0 Å². The van der Waals surface area contributed by atoms with Crippen LogP contribution in [0, 0.1) is 0 Å². The Morgan fingerprint density at radius 3 is 2.85 bits per heavy atom. The van der Waals surface area contributed by atoms with Gasteiger partial charge < -0.3 is 14.4 Å². The van der Waals surface area contributed by atoms with Crippen LogP contribution in [0.1, 0.15) is 0 Å². The number of aromatic hydroxyl groups is 1. The molecule has 2 aromatic heterocycles. The van der Waals surface area contributed by atoms with Crippen molar-refractivity contribution in [3.05, 3.63) is 30.6 Å². The minimum absolute atomic E-state index is 0.0586. The largest absolute Gasteiger partial charge is 0.504 e. The molecule has 0 spiro atoms. The van der Waals surface area contributed by atoms with Gasteiger partial charge in [-0.1, -0.05) is 5.16 Å². The highest BCUT2D eigenvalue weighted by Gasteiger charge is 2.13. The predicted molar refractivity (Wildman–Crippen MR) is 70.2 cm³/mol. The zero-order valence-corrected chi connectivity index (χ0v) is 10.9. The maximum absolute atomic E-state index is 9.57. The van der Waals surface area contributed by atoms with Crippen molar-refractivity contribution in [2.24, 2.45) is 7.05 Å². The molecule has 0 aliphatic heterocycles. The Morgan fingerprint density at radius 2 is 2.15 bits per heavy atom. The monoisotopic (exact) mass is 272 g/mol. The first-order valence-corrected chi connectivity index (χ1v) is 5.87. The number of aromatic nitrogens is 4. The van der Waals surface area contributed by atoms with Crippen LogP contribution in [0.4, 0.5) is 0 Å². The Kier molecular flexibility index (Phi) is 2.86. The Labute approximate surface area is 114 Å². The average molecular weight is 272 g/mol. The second-order valence-corrected chi connectivity index (χ2v) is 4.21. The molecular weight excluding hydrogens is 260 g/mol. The molecule has 7 heteroatoms. The van der Waals surface area contributed by atoms with Crippen LogP contribution in [-0.2, 0) is 7.05 Å². The van der Waals surface area contributed by atoms with E-state index in [0.29, 0.717) is 23.0 Å². The lowest BCUT2D eigenvalue weighted by atomic mass is 10.2. The fourth-order valence-electron chi connectivity index (χ4n) is 1.81. The molecule has 0 saturated carbocycles. The van der Waals surface area contributed by atoms with Gasteiger partial charge in [-0.25, -0.2) is 0 Å². The molecule has 0 aliphatic rings. The van der Waals surface area contributed by atoms with E-state index < -0.39 is 0 Å². The first-order valence-electron chi connectivity index (χ1n) is 5.87. The van der Waals surface area contributed by atoms with Crippen molar-refractivity contribution >= 4 is 0 Å². The summed E-state index contributed by atoms with van der Waals surface area (Å²) in [6, 6.07) is 4.83. The fourth-order valence-corrected chi connectivity index (χ4v) is 1.81. The number of phenolic OH excluding ortho intramolecular Hbond substituents is 1. The number of benzene rings is 1. The molecule has 1 N–H and O–H groups in total. The van der Waals surface area contributed by atoms with E-state index in [1.54, 1.807) is 29.2 Å². The van der Waals surface area contributed by atoms with E-state index in [1.165, 1.54) is 13.2 Å². The van der Waals surface area contributed by atoms with E-state index in [9.17, 15) is 5.11 Å². The number of phenols is 1. The molecular formula is C13H12N4O3. The Balaban J connectivity index is 1.97. The molecule has 0 aliphatic carbocycles. The standard InChI is InChI=1S/C13H12N4O3/c1-17-7-9(6-14-17)12-15-13(20-16-12)8-3-4-10(18)11(5-8)19-2/h3-7,18H,1-2H3. The third-order valence-corrected chi connectivity index (χ3v) is 2.82. The molecule has 0 unspecified atom stereocenters. The van der Waals surface area contributed by atoms with Gasteiger partial charge in [-0.2, -0.15) is 10.1 Å². The van der Waals surface area contributed by atoms with Crippen molar-refractivity contribution in [2.75, 3.05) is 7.11 Å². The van der Waals surface area contributed by atoms with Gasteiger partial charge >= 0.3 is 0 Å². The number of ether oxygens (including phenoxy) is 1. The normalized spacial score (nSPS) is 10.7. The summed E-state index contributed by atoms with van der Waals surface area (Å²) in [4.78, 5) is 4.30. The summed E-state index contributed by atoms with van der Waals surface area (Å²) in [5.74, 6) is 1.22. The van der Waals surface area contributed by atoms with Gasteiger partial charge in [0.15, 0.2) is 11.5 Å². The minimum Gasteiger partial charge on any atom is -0.504 e. The zero-order valence-electron chi connectivity index (χ0n) is 10.9. The zero-order chi connectivity index (χ0) is 14.1. The number of methoxy groups -OCH3 is 1. The molecule has 0 bridgehead atoms. The quantitative estimate of drug-likeness (QED) is 0.783. The van der Waals surface area contributed by atoms with Crippen molar-refractivity contribution in [2.45, 2.75) is 0 Å². The second-order valence-electron chi connectivity index (χ2n) is 4.21. The van der Waals surface area contributed by atoms with Gasteiger partial charge in [-0.3, -0.25) is 4.68 Å². The van der Waals surface area contributed by atoms with Gasteiger partial charge in [0.05, 0.1) is 18.9 Å². The molecule has 0 atom stereocenters. The summed E-state index contributed by atoms with van der Waals surface area (Å²) in [5.41, 5.74) is 1.44. The van der Waals surface area contributed by atoms with Gasteiger partial charge in [0, 0.05) is 18.8 Å². The smallest absolute Gasteiger partial charge is 0.258 e. The molecule has 0 radical (unpaired) electrons. The number of rotatable bonds is 3. The third kappa shape index (κ3) is 2.09. The van der Waals surface area contributed by atoms with Crippen molar-refractivity contribution in [1.82, 2.24) is 19.9 Å². The van der Waals surface area contributed by atoms with E-state index in [1.807, 2.05) is 7.05 Å². The molecule has 2 heterocycles.